The van der Waals surface area contributed by atoms with Crippen LogP contribution in [0.4, 0.5) is 32.1 Å². The first-order valence-electron chi connectivity index (χ1n) is 12.4. The predicted octanol–water partition coefficient (Wildman–Crippen LogP) is 4.83. The Bertz CT molecular complexity index is 1410. The van der Waals surface area contributed by atoms with E-state index >= 15 is 0 Å². The molecule has 0 atom stereocenters. The van der Waals surface area contributed by atoms with Crippen molar-refractivity contribution in [1.29, 1.82) is 0 Å². The summed E-state index contributed by atoms with van der Waals surface area (Å²) in [6.45, 7) is 2.30. The number of hydrogen-bond acceptors (Lipinski definition) is 6. The highest BCUT2D eigenvalue weighted by molar-refractivity contribution is 5.93. The van der Waals surface area contributed by atoms with Gasteiger partial charge in [-0.25, -0.2) is 14.2 Å². The van der Waals surface area contributed by atoms with Crippen LogP contribution < -0.4 is 15.5 Å². The van der Waals surface area contributed by atoms with Gasteiger partial charge in [0.2, 0.25) is 0 Å². The van der Waals surface area contributed by atoms with Crippen LogP contribution in [0.2, 0.25) is 0 Å². The van der Waals surface area contributed by atoms with Gasteiger partial charge in [-0.15, -0.1) is 0 Å². The Morgan fingerprint density at radius 1 is 1.11 bits per heavy atom. The number of rotatable bonds is 6. The summed E-state index contributed by atoms with van der Waals surface area (Å²) in [7, 11) is 3.55. The molecular formula is C28H31FN6O2. The zero-order valence-electron chi connectivity index (χ0n) is 21.0. The summed E-state index contributed by atoms with van der Waals surface area (Å²) < 4.78 is 16.5. The smallest absolute Gasteiger partial charge is 0.325 e. The maximum Gasteiger partial charge on any atom is 0.325 e. The molecule has 9 heteroatoms. The van der Waals surface area contributed by atoms with E-state index in [1.54, 1.807) is 36.1 Å². The van der Waals surface area contributed by atoms with E-state index < -0.39 is 0 Å². The molecule has 3 N–H and O–H groups in total. The molecule has 4 aromatic rings. The number of nitrogens with zero attached hydrogens (tertiary/aromatic N) is 4. The number of aliphatic hydroxyl groups is 1. The number of anilines is 4. The molecule has 1 saturated heterocycles. The number of halogens is 1. The first-order valence-corrected chi connectivity index (χ1v) is 12.4. The molecule has 1 amide bonds. The SMILES string of the molecule is CNC(=O)n1ccc2cc(N(C)c3ccnc(Nc4ccc(CN5CCC(O)CC5)cc4F)c3)ccc21. The third-order valence-corrected chi connectivity index (χ3v) is 6.88. The number of fused-ring (bicyclic) bond motifs is 1. The number of benzene rings is 2. The summed E-state index contributed by atoms with van der Waals surface area (Å²) >= 11 is 0. The molecular weight excluding hydrogens is 471 g/mol. The molecule has 2 aromatic carbocycles. The van der Waals surface area contributed by atoms with Crippen LogP contribution in [0.25, 0.3) is 10.9 Å². The Morgan fingerprint density at radius 2 is 1.89 bits per heavy atom. The molecule has 37 heavy (non-hydrogen) atoms. The molecule has 8 nitrogen and oxygen atoms in total. The third-order valence-electron chi connectivity index (χ3n) is 6.88. The van der Waals surface area contributed by atoms with Crippen molar-refractivity contribution < 1.29 is 14.3 Å². The molecule has 0 unspecified atom stereocenters. The van der Waals surface area contributed by atoms with E-state index in [1.165, 1.54) is 0 Å². The van der Waals surface area contributed by atoms with E-state index in [1.807, 2.05) is 54.4 Å². The van der Waals surface area contributed by atoms with Crippen molar-refractivity contribution in [3.8, 4) is 0 Å². The summed E-state index contributed by atoms with van der Waals surface area (Å²) in [5.74, 6) is 0.203. The van der Waals surface area contributed by atoms with Crippen LogP contribution in [0.15, 0.2) is 67.0 Å². The molecule has 5 rings (SSSR count). The molecule has 1 aliphatic rings. The Kier molecular flexibility index (Phi) is 7.07. The Morgan fingerprint density at radius 3 is 2.65 bits per heavy atom. The minimum absolute atomic E-state index is 0.187. The van der Waals surface area contributed by atoms with Gasteiger partial charge in [0.05, 0.1) is 17.3 Å². The van der Waals surface area contributed by atoms with Gasteiger partial charge in [0, 0.05) is 69.0 Å². The summed E-state index contributed by atoms with van der Waals surface area (Å²) in [4.78, 5) is 20.7. The average molecular weight is 503 g/mol. The fraction of sp³-hybridized carbons (Fsp3) is 0.286. The van der Waals surface area contributed by atoms with E-state index in [2.05, 4.69) is 20.5 Å². The number of aromatic nitrogens is 2. The largest absolute Gasteiger partial charge is 0.393 e. The van der Waals surface area contributed by atoms with Gasteiger partial charge in [-0.2, -0.15) is 0 Å². The number of carbonyl (C=O) groups is 1. The molecule has 0 bridgehead atoms. The average Bonchev–Trinajstić information content (AvgIpc) is 3.34. The van der Waals surface area contributed by atoms with E-state index in [0.29, 0.717) is 18.1 Å². The van der Waals surface area contributed by atoms with Crippen LogP contribution >= 0.6 is 0 Å². The van der Waals surface area contributed by atoms with Gasteiger partial charge in [-0.1, -0.05) is 6.07 Å². The van der Waals surface area contributed by atoms with Gasteiger partial charge in [-0.05, 0) is 60.9 Å². The van der Waals surface area contributed by atoms with E-state index in [4.69, 9.17) is 0 Å². The summed E-state index contributed by atoms with van der Waals surface area (Å²) in [5, 5.41) is 16.4. The zero-order valence-corrected chi connectivity index (χ0v) is 21.0. The highest BCUT2D eigenvalue weighted by Crippen LogP contribution is 2.30. The number of carbonyl (C=O) groups excluding carboxylic acids is 1. The topological polar surface area (TPSA) is 85.7 Å². The monoisotopic (exact) mass is 502 g/mol. The molecule has 2 aromatic heterocycles. The van der Waals surface area contributed by atoms with Crippen molar-refractivity contribution >= 4 is 39.8 Å². The van der Waals surface area contributed by atoms with Crippen LogP contribution in [0.3, 0.4) is 0 Å². The second kappa shape index (κ2) is 10.6. The summed E-state index contributed by atoms with van der Waals surface area (Å²) in [5.41, 5.74) is 3.92. The molecule has 0 radical (unpaired) electrons. The molecule has 192 valence electrons. The van der Waals surface area contributed by atoms with E-state index in [0.717, 1.165) is 53.8 Å². The highest BCUT2D eigenvalue weighted by atomic mass is 19.1. The first-order chi connectivity index (χ1) is 17.9. The maximum atomic E-state index is 14.9. The lowest BCUT2D eigenvalue weighted by molar-refractivity contribution is 0.0792. The lowest BCUT2D eigenvalue weighted by Crippen LogP contribution is -2.35. The predicted molar refractivity (Wildman–Crippen MR) is 144 cm³/mol. The number of aliphatic hydroxyl groups excluding tert-OH is 1. The van der Waals surface area contributed by atoms with Crippen LogP contribution in [0.5, 0.6) is 0 Å². The quantitative estimate of drug-likeness (QED) is 0.350. The van der Waals surface area contributed by atoms with Gasteiger partial charge < -0.3 is 20.6 Å². The van der Waals surface area contributed by atoms with Gasteiger partial charge >= 0.3 is 6.03 Å². The Hall–Kier alpha value is -3.95. The van der Waals surface area contributed by atoms with Crippen molar-refractivity contribution in [1.82, 2.24) is 19.8 Å². The van der Waals surface area contributed by atoms with Crippen molar-refractivity contribution in [2.45, 2.75) is 25.5 Å². The number of likely N-dealkylation sites (tertiary alicyclic amines) is 1. The fourth-order valence-corrected chi connectivity index (χ4v) is 4.71. The maximum absolute atomic E-state index is 14.9. The van der Waals surface area contributed by atoms with Gasteiger partial charge in [-0.3, -0.25) is 9.47 Å². The molecule has 1 aliphatic heterocycles. The van der Waals surface area contributed by atoms with Crippen molar-refractivity contribution in [2.24, 2.45) is 0 Å². The van der Waals surface area contributed by atoms with Crippen LogP contribution in [-0.2, 0) is 6.54 Å². The molecule has 0 aliphatic carbocycles. The van der Waals surface area contributed by atoms with E-state index in [-0.39, 0.29) is 18.0 Å². The molecule has 0 saturated carbocycles. The van der Waals surface area contributed by atoms with Crippen LogP contribution in [-0.4, -0.2) is 58.9 Å². The van der Waals surface area contributed by atoms with Crippen LogP contribution in [0.1, 0.15) is 18.4 Å². The summed E-state index contributed by atoms with van der Waals surface area (Å²) in [6, 6.07) is 16.6. The van der Waals surface area contributed by atoms with Gasteiger partial charge in [0.1, 0.15) is 11.6 Å². The highest BCUT2D eigenvalue weighted by Gasteiger charge is 2.17. The lowest BCUT2D eigenvalue weighted by Gasteiger charge is -2.29. The van der Waals surface area contributed by atoms with Crippen molar-refractivity contribution in [3.63, 3.8) is 0 Å². The minimum Gasteiger partial charge on any atom is -0.393 e. The van der Waals surface area contributed by atoms with Gasteiger partial charge in [0.25, 0.3) is 0 Å². The van der Waals surface area contributed by atoms with Crippen LogP contribution in [0, 0.1) is 5.82 Å². The normalized spacial score (nSPS) is 14.6. The number of hydrogen-bond donors (Lipinski definition) is 3. The molecule has 1 fully saturated rings. The third kappa shape index (κ3) is 5.42. The number of piperidine rings is 1. The van der Waals surface area contributed by atoms with Crippen molar-refractivity contribution in [2.75, 3.05) is 37.4 Å². The minimum atomic E-state index is -0.332. The van der Waals surface area contributed by atoms with Gasteiger partial charge in [0.15, 0.2) is 0 Å². The lowest BCUT2D eigenvalue weighted by atomic mass is 10.1. The summed E-state index contributed by atoms with van der Waals surface area (Å²) in [6.07, 6.45) is 4.73. The zero-order chi connectivity index (χ0) is 25.9. The number of pyridine rings is 1. The molecule has 3 heterocycles. The standard InChI is InChI=1S/C28H31FN6O2/c1-30-28(37)35-14-8-20-16-21(4-6-26(20)35)33(2)22-7-11-31-27(17-22)32-25-5-3-19(15-24(25)29)18-34-12-9-23(36)10-13-34/h3-8,11,14-17,23,36H,9-10,12-13,18H2,1-2H3,(H,30,37)(H,31,32). The van der Waals surface area contributed by atoms with Crippen molar-refractivity contribution in [3.05, 3.63) is 78.4 Å². The number of amides is 1. The number of nitrogens with one attached hydrogen (secondary N) is 2. The fourth-order valence-electron chi connectivity index (χ4n) is 4.71. The second-order valence-corrected chi connectivity index (χ2v) is 9.39. The second-order valence-electron chi connectivity index (χ2n) is 9.39. The first kappa shape index (κ1) is 24.7. The molecule has 0 spiro atoms. The Balaban J connectivity index is 1.29. The van der Waals surface area contributed by atoms with E-state index in [9.17, 15) is 14.3 Å². The Labute approximate surface area is 215 Å².